The van der Waals surface area contributed by atoms with Crippen molar-refractivity contribution in [2.75, 3.05) is 11.9 Å². The van der Waals surface area contributed by atoms with Crippen LogP contribution in [-0.4, -0.2) is 35.3 Å². The van der Waals surface area contributed by atoms with Crippen molar-refractivity contribution in [3.05, 3.63) is 82.4 Å². The van der Waals surface area contributed by atoms with E-state index in [1.807, 2.05) is 0 Å². The molecular weight excluding hydrogens is 515 g/mol. The van der Waals surface area contributed by atoms with Crippen LogP contribution in [0.25, 0.3) is 0 Å². The van der Waals surface area contributed by atoms with Crippen LogP contribution < -0.4 is 31.4 Å². The Kier molecular flexibility index (Phi) is 9.44. The molecule has 3 aromatic rings. The molecule has 200 valence electrons. The van der Waals surface area contributed by atoms with Gasteiger partial charge in [0.2, 0.25) is 0 Å². The number of halogens is 2. The highest BCUT2D eigenvalue weighted by molar-refractivity contribution is 6.33. The molecule has 0 saturated heterocycles. The zero-order valence-corrected chi connectivity index (χ0v) is 21.7. The summed E-state index contributed by atoms with van der Waals surface area (Å²) in [5.74, 6) is -1.90. The largest absolute Gasteiger partial charge is 0.490 e. The zero-order chi connectivity index (χ0) is 27.8. The van der Waals surface area contributed by atoms with Crippen molar-refractivity contribution in [1.29, 1.82) is 5.41 Å². The maximum absolute atomic E-state index is 15.4. The highest BCUT2D eigenvalue weighted by Crippen LogP contribution is 2.35. The topological polar surface area (TPSA) is 151 Å². The van der Waals surface area contributed by atoms with Crippen molar-refractivity contribution in [2.24, 2.45) is 5.73 Å². The van der Waals surface area contributed by atoms with Gasteiger partial charge < -0.3 is 20.5 Å². The molecule has 3 rings (SSSR count). The van der Waals surface area contributed by atoms with E-state index < -0.39 is 23.7 Å². The van der Waals surface area contributed by atoms with E-state index in [9.17, 15) is 9.59 Å². The lowest BCUT2D eigenvalue weighted by molar-refractivity contribution is -0.122. The van der Waals surface area contributed by atoms with E-state index in [1.54, 1.807) is 45.0 Å². The first-order valence-corrected chi connectivity index (χ1v) is 12.0. The number of amidine groups is 1. The number of hydrazine groups is 1. The van der Waals surface area contributed by atoms with Crippen molar-refractivity contribution in [2.45, 2.75) is 32.9 Å². The Morgan fingerprint density at radius 1 is 1.13 bits per heavy atom. The SMILES string of the molecule is CCOc1cc(C(Nc2ccc(C(=N)N)cc2)C(=O)NNC(=O)c2ccncc2Cl)c(F)cc1OC(C)C. The molecule has 0 bridgehead atoms. The molecule has 0 fully saturated rings. The number of nitrogens with one attached hydrogen (secondary N) is 4. The number of carbonyl (C=O) groups excluding carboxylic acids is 2. The number of rotatable bonds is 10. The number of nitrogens with two attached hydrogens (primary N) is 1. The minimum atomic E-state index is -1.32. The fraction of sp³-hybridized carbons (Fsp3) is 0.231. The molecule has 6 N–H and O–H groups in total. The van der Waals surface area contributed by atoms with Gasteiger partial charge in [-0.2, -0.15) is 0 Å². The van der Waals surface area contributed by atoms with Crippen LogP contribution in [0, 0.1) is 11.2 Å². The zero-order valence-electron chi connectivity index (χ0n) is 21.0. The first kappa shape index (κ1) is 28.2. The van der Waals surface area contributed by atoms with E-state index in [1.165, 1.54) is 24.5 Å². The first-order chi connectivity index (χ1) is 18.1. The van der Waals surface area contributed by atoms with Crippen LogP contribution in [0.4, 0.5) is 10.1 Å². The van der Waals surface area contributed by atoms with Gasteiger partial charge in [-0.1, -0.05) is 11.6 Å². The number of hydrogen-bond donors (Lipinski definition) is 5. The number of nitrogen functional groups attached to an aromatic ring is 1. The summed E-state index contributed by atoms with van der Waals surface area (Å²) in [6, 6.07) is 8.92. The van der Waals surface area contributed by atoms with Gasteiger partial charge >= 0.3 is 0 Å². The summed E-state index contributed by atoms with van der Waals surface area (Å²) < 4.78 is 26.7. The highest BCUT2D eigenvalue weighted by Gasteiger charge is 2.27. The van der Waals surface area contributed by atoms with Crippen molar-refractivity contribution < 1.29 is 23.5 Å². The first-order valence-electron chi connectivity index (χ1n) is 11.6. The number of ether oxygens (including phenoxy) is 2. The molecule has 38 heavy (non-hydrogen) atoms. The second kappa shape index (κ2) is 12.7. The molecule has 0 saturated carbocycles. The number of amides is 2. The van der Waals surface area contributed by atoms with Crippen LogP contribution in [0.1, 0.15) is 48.3 Å². The van der Waals surface area contributed by atoms with Crippen LogP contribution in [0.15, 0.2) is 54.9 Å². The third-order valence-corrected chi connectivity index (χ3v) is 5.42. The minimum absolute atomic E-state index is 0.0612. The van der Waals surface area contributed by atoms with Gasteiger partial charge in [-0.3, -0.25) is 30.8 Å². The van der Waals surface area contributed by atoms with E-state index in [-0.39, 0.29) is 46.2 Å². The number of hydrogen-bond acceptors (Lipinski definition) is 7. The average molecular weight is 543 g/mol. The third kappa shape index (κ3) is 7.10. The Labute approximate surface area is 224 Å². The molecule has 0 aliphatic carbocycles. The van der Waals surface area contributed by atoms with Crippen LogP contribution in [0.5, 0.6) is 11.5 Å². The standard InChI is InChI=1S/C26H28ClFN6O4/c1-4-37-21-11-18(20(28)12-22(21)38-14(2)3)23(32-16-7-5-15(6-8-16)24(29)30)26(36)34-33-25(35)17-9-10-31-13-19(17)27/h5-14,23,32H,4H2,1-3H3,(H3,29,30)(H,33,35)(H,34,36). The van der Waals surface area contributed by atoms with Gasteiger partial charge in [0.05, 0.1) is 23.3 Å². The predicted octanol–water partition coefficient (Wildman–Crippen LogP) is 3.96. The van der Waals surface area contributed by atoms with E-state index >= 15 is 4.39 Å². The quantitative estimate of drug-likeness (QED) is 0.148. The molecule has 0 radical (unpaired) electrons. The molecule has 1 unspecified atom stereocenters. The minimum Gasteiger partial charge on any atom is -0.490 e. The van der Waals surface area contributed by atoms with Crippen LogP contribution in [0.3, 0.4) is 0 Å². The van der Waals surface area contributed by atoms with Crippen molar-refractivity contribution in [3.63, 3.8) is 0 Å². The normalized spacial score (nSPS) is 11.4. The lowest BCUT2D eigenvalue weighted by Gasteiger charge is -2.23. The van der Waals surface area contributed by atoms with Crippen molar-refractivity contribution in [1.82, 2.24) is 15.8 Å². The molecule has 1 heterocycles. The number of carbonyl (C=O) groups is 2. The van der Waals surface area contributed by atoms with E-state index in [2.05, 4.69) is 21.2 Å². The summed E-state index contributed by atoms with van der Waals surface area (Å²) >= 11 is 6.01. The van der Waals surface area contributed by atoms with Crippen LogP contribution in [0.2, 0.25) is 5.02 Å². The lowest BCUT2D eigenvalue weighted by atomic mass is 10.0. The number of aromatic nitrogens is 1. The molecule has 0 spiro atoms. The fourth-order valence-electron chi connectivity index (χ4n) is 3.40. The number of anilines is 1. The summed E-state index contributed by atoms with van der Waals surface area (Å²) in [5.41, 5.74) is 11.0. The van der Waals surface area contributed by atoms with Crippen molar-refractivity contribution >= 4 is 34.9 Å². The van der Waals surface area contributed by atoms with Gasteiger partial charge in [-0.15, -0.1) is 0 Å². The Bertz CT molecular complexity index is 1320. The molecule has 1 aromatic heterocycles. The number of nitrogens with zero attached hydrogens (tertiary/aromatic N) is 1. The van der Waals surface area contributed by atoms with Gasteiger partial charge in [0.15, 0.2) is 11.5 Å². The Morgan fingerprint density at radius 3 is 2.45 bits per heavy atom. The van der Waals surface area contributed by atoms with Crippen molar-refractivity contribution in [3.8, 4) is 11.5 Å². The Morgan fingerprint density at radius 2 is 1.84 bits per heavy atom. The molecule has 1 atom stereocenters. The molecular formula is C26H28ClFN6O4. The van der Waals surface area contributed by atoms with Gasteiger partial charge in [-0.25, -0.2) is 4.39 Å². The predicted molar refractivity (Wildman–Crippen MR) is 142 cm³/mol. The van der Waals surface area contributed by atoms with E-state index in [0.717, 1.165) is 6.07 Å². The lowest BCUT2D eigenvalue weighted by Crippen LogP contribution is -2.45. The molecule has 2 amide bonds. The molecule has 2 aromatic carbocycles. The van der Waals surface area contributed by atoms with Gasteiger partial charge in [-0.05, 0) is 57.2 Å². The monoisotopic (exact) mass is 542 g/mol. The number of pyridine rings is 1. The molecule has 12 heteroatoms. The average Bonchev–Trinajstić information content (AvgIpc) is 2.87. The third-order valence-electron chi connectivity index (χ3n) is 5.12. The highest BCUT2D eigenvalue weighted by atomic mass is 35.5. The van der Waals surface area contributed by atoms with Crippen LogP contribution in [-0.2, 0) is 4.79 Å². The number of benzene rings is 2. The molecule has 10 nitrogen and oxygen atoms in total. The van der Waals surface area contributed by atoms with E-state index in [4.69, 9.17) is 32.2 Å². The van der Waals surface area contributed by atoms with Gasteiger partial charge in [0.1, 0.15) is 17.7 Å². The van der Waals surface area contributed by atoms with Gasteiger partial charge in [0, 0.05) is 35.3 Å². The maximum atomic E-state index is 15.4. The summed E-state index contributed by atoms with van der Waals surface area (Å²) in [6.07, 6.45) is 2.42. The second-order valence-corrected chi connectivity index (χ2v) is 8.69. The van der Waals surface area contributed by atoms with Crippen LogP contribution >= 0.6 is 11.6 Å². The second-order valence-electron chi connectivity index (χ2n) is 8.29. The Hall–Kier alpha value is -4.38. The summed E-state index contributed by atoms with van der Waals surface area (Å²) in [6.45, 7) is 5.63. The molecule has 0 aliphatic heterocycles. The fourth-order valence-corrected chi connectivity index (χ4v) is 3.61. The summed E-state index contributed by atoms with van der Waals surface area (Å²) in [7, 11) is 0. The Balaban J connectivity index is 1.95. The molecule has 0 aliphatic rings. The smallest absolute Gasteiger partial charge is 0.271 e. The van der Waals surface area contributed by atoms with Gasteiger partial charge in [0.25, 0.3) is 11.8 Å². The summed E-state index contributed by atoms with van der Waals surface area (Å²) in [5, 5.41) is 10.6. The van der Waals surface area contributed by atoms with E-state index in [0.29, 0.717) is 11.3 Å². The summed E-state index contributed by atoms with van der Waals surface area (Å²) in [4.78, 5) is 29.7. The maximum Gasteiger partial charge on any atom is 0.271 e.